The van der Waals surface area contributed by atoms with Gasteiger partial charge >= 0.3 is 12.1 Å². The first-order valence-corrected chi connectivity index (χ1v) is 12.1. The summed E-state index contributed by atoms with van der Waals surface area (Å²) in [5.74, 6) is -1.26. The summed E-state index contributed by atoms with van der Waals surface area (Å²) in [6.07, 6.45) is 2.24. The van der Waals surface area contributed by atoms with Gasteiger partial charge in [0.1, 0.15) is 12.0 Å². The van der Waals surface area contributed by atoms with Crippen LogP contribution in [0.15, 0.2) is 48.5 Å². The topological polar surface area (TPSA) is 95.9 Å². The number of benzene rings is 2. The fourth-order valence-corrected chi connectivity index (χ4v) is 5.80. The third-order valence-electron chi connectivity index (χ3n) is 7.91. The number of ether oxygens (including phenoxy) is 1. The van der Waals surface area contributed by atoms with Crippen molar-refractivity contribution in [2.75, 3.05) is 19.7 Å². The van der Waals surface area contributed by atoms with Crippen LogP contribution in [0, 0.1) is 11.3 Å². The molecule has 0 unspecified atom stereocenters. The van der Waals surface area contributed by atoms with Crippen LogP contribution in [0.4, 0.5) is 4.79 Å². The summed E-state index contributed by atoms with van der Waals surface area (Å²) >= 11 is 0. The van der Waals surface area contributed by atoms with E-state index in [-0.39, 0.29) is 43.5 Å². The predicted octanol–water partition coefficient (Wildman–Crippen LogP) is 4.02. The molecule has 0 spiro atoms. The van der Waals surface area contributed by atoms with Gasteiger partial charge in [0.05, 0.1) is 5.92 Å². The van der Waals surface area contributed by atoms with Crippen molar-refractivity contribution >= 4 is 18.0 Å². The maximum Gasteiger partial charge on any atom is 0.407 e. The molecule has 7 nitrogen and oxygen atoms in total. The molecule has 2 amide bonds. The second kappa shape index (κ2) is 8.78. The minimum atomic E-state index is -0.848. The maximum absolute atomic E-state index is 13.0. The Balaban J connectivity index is 1.19. The van der Waals surface area contributed by atoms with E-state index in [0.717, 1.165) is 17.5 Å². The number of carbonyl (C=O) groups excluding carboxylic acids is 2. The van der Waals surface area contributed by atoms with Crippen molar-refractivity contribution in [2.45, 2.75) is 44.6 Å². The molecule has 3 aliphatic rings. The van der Waals surface area contributed by atoms with Crippen molar-refractivity contribution in [3.8, 4) is 11.1 Å². The van der Waals surface area contributed by atoms with Crippen LogP contribution in [0.5, 0.6) is 0 Å². The minimum Gasteiger partial charge on any atom is -0.481 e. The van der Waals surface area contributed by atoms with Crippen LogP contribution < -0.4 is 5.32 Å². The van der Waals surface area contributed by atoms with E-state index < -0.39 is 17.5 Å². The van der Waals surface area contributed by atoms with E-state index in [1.165, 1.54) is 11.1 Å². The van der Waals surface area contributed by atoms with Crippen LogP contribution in [0.1, 0.15) is 49.7 Å². The monoisotopic (exact) mass is 462 g/mol. The molecule has 178 valence electrons. The van der Waals surface area contributed by atoms with E-state index >= 15 is 0 Å². The summed E-state index contributed by atoms with van der Waals surface area (Å²) < 4.78 is 5.66. The molecule has 0 bridgehead atoms. The highest BCUT2D eigenvalue weighted by Gasteiger charge is 2.52. The molecule has 1 saturated carbocycles. The number of carbonyl (C=O) groups is 3. The lowest BCUT2D eigenvalue weighted by Crippen LogP contribution is -2.63. The smallest absolute Gasteiger partial charge is 0.407 e. The SMILES string of the molecule is CCC1(C(=O)O)CN(C(=O)[C@@H]2CCC[C@@H]2NC(=O)OCC2c3ccccc3-c3ccccc32)C1. The lowest BCUT2D eigenvalue weighted by molar-refractivity contribution is -0.168. The summed E-state index contributed by atoms with van der Waals surface area (Å²) in [7, 11) is 0. The fourth-order valence-electron chi connectivity index (χ4n) is 5.80. The number of nitrogens with one attached hydrogen (secondary N) is 1. The molecule has 2 atom stereocenters. The van der Waals surface area contributed by atoms with E-state index in [1.807, 2.05) is 31.2 Å². The predicted molar refractivity (Wildman–Crippen MR) is 126 cm³/mol. The van der Waals surface area contributed by atoms with Gasteiger partial charge in [-0.1, -0.05) is 61.9 Å². The molecular weight excluding hydrogens is 432 g/mol. The third kappa shape index (κ3) is 3.73. The Morgan fingerprint density at radius 3 is 2.24 bits per heavy atom. The number of rotatable bonds is 6. The Kier molecular flexibility index (Phi) is 5.80. The van der Waals surface area contributed by atoms with E-state index in [9.17, 15) is 19.5 Å². The zero-order valence-corrected chi connectivity index (χ0v) is 19.3. The summed E-state index contributed by atoms with van der Waals surface area (Å²) in [6.45, 7) is 2.56. The average Bonchev–Trinajstić information content (AvgIpc) is 3.39. The number of likely N-dealkylation sites (tertiary alicyclic amines) is 1. The summed E-state index contributed by atoms with van der Waals surface area (Å²) in [5, 5.41) is 12.4. The van der Waals surface area contributed by atoms with Gasteiger partial charge in [-0.15, -0.1) is 0 Å². The molecule has 5 rings (SSSR count). The van der Waals surface area contributed by atoms with Gasteiger partial charge in [0.2, 0.25) is 5.91 Å². The van der Waals surface area contributed by atoms with E-state index in [0.29, 0.717) is 19.3 Å². The second-order valence-corrected chi connectivity index (χ2v) is 9.75. The number of fused-ring (bicyclic) bond motifs is 3. The molecule has 2 fully saturated rings. The first kappa shape index (κ1) is 22.4. The second-order valence-electron chi connectivity index (χ2n) is 9.75. The van der Waals surface area contributed by atoms with Crippen LogP contribution in [0.2, 0.25) is 0 Å². The molecule has 1 saturated heterocycles. The van der Waals surface area contributed by atoms with Crippen molar-refractivity contribution in [3.63, 3.8) is 0 Å². The van der Waals surface area contributed by atoms with Gasteiger partial charge in [-0.3, -0.25) is 9.59 Å². The average molecular weight is 463 g/mol. The van der Waals surface area contributed by atoms with Gasteiger partial charge in [-0.2, -0.15) is 0 Å². The van der Waals surface area contributed by atoms with Crippen LogP contribution in [-0.2, 0) is 14.3 Å². The first-order valence-electron chi connectivity index (χ1n) is 12.1. The molecular formula is C27H30N2O5. The van der Waals surface area contributed by atoms with Crippen LogP contribution in [-0.4, -0.2) is 53.7 Å². The highest BCUT2D eigenvalue weighted by molar-refractivity contribution is 5.86. The van der Waals surface area contributed by atoms with Crippen molar-refractivity contribution < 1.29 is 24.2 Å². The quantitative estimate of drug-likeness (QED) is 0.676. The summed E-state index contributed by atoms with van der Waals surface area (Å²) in [6, 6.07) is 16.1. The van der Waals surface area contributed by atoms with Crippen LogP contribution in [0.3, 0.4) is 0 Å². The zero-order valence-electron chi connectivity index (χ0n) is 19.3. The van der Waals surface area contributed by atoms with Gasteiger partial charge in [-0.25, -0.2) is 4.79 Å². The number of hydrogen-bond acceptors (Lipinski definition) is 4. The lowest BCUT2D eigenvalue weighted by atomic mass is 9.76. The van der Waals surface area contributed by atoms with E-state index in [1.54, 1.807) is 4.90 Å². The number of hydrogen-bond donors (Lipinski definition) is 2. The van der Waals surface area contributed by atoms with Gasteiger partial charge in [0.25, 0.3) is 0 Å². The van der Waals surface area contributed by atoms with Crippen LogP contribution in [0.25, 0.3) is 11.1 Å². The minimum absolute atomic E-state index is 0.0153. The maximum atomic E-state index is 13.0. The molecule has 1 aliphatic heterocycles. The highest BCUT2D eigenvalue weighted by Crippen LogP contribution is 2.44. The number of alkyl carbamates (subject to hydrolysis) is 1. The normalized spacial score (nSPS) is 22.4. The zero-order chi connectivity index (χ0) is 23.9. The van der Waals surface area contributed by atoms with Crippen molar-refractivity contribution in [1.82, 2.24) is 10.2 Å². The Hall–Kier alpha value is -3.35. The number of carboxylic acid groups (broad SMARTS) is 1. The van der Waals surface area contributed by atoms with Gasteiger partial charge in [0.15, 0.2) is 0 Å². The largest absolute Gasteiger partial charge is 0.481 e. The molecule has 2 aliphatic carbocycles. The van der Waals surface area contributed by atoms with Crippen molar-refractivity contribution in [2.24, 2.45) is 11.3 Å². The Morgan fingerprint density at radius 2 is 1.65 bits per heavy atom. The highest BCUT2D eigenvalue weighted by atomic mass is 16.5. The summed E-state index contributed by atoms with van der Waals surface area (Å²) in [5.41, 5.74) is 3.83. The van der Waals surface area contributed by atoms with E-state index in [4.69, 9.17) is 4.74 Å². The number of carboxylic acids is 1. The van der Waals surface area contributed by atoms with E-state index in [2.05, 4.69) is 29.6 Å². The molecule has 0 aromatic heterocycles. The molecule has 1 heterocycles. The van der Waals surface area contributed by atoms with Gasteiger partial charge in [-0.05, 0) is 41.5 Å². The molecule has 2 aromatic carbocycles. The van der Waals surface area contributed by atoms with Crippen LogP contribution >= 0.6 is 0 Å². The number of aliphatic carboxylic acids is 1. The summed E-state index contributed by atoms with van der Waals surface area (Å²) in [4.78, 5) is 38.9. The molecule has 2 aromatic rings. The van der Waals surface area contributed by atoms with Gasteiger partial charge in [0, 0.05) is 25.0 Å². The standard InChI is InChI=1S/C27H30N2O5/c1-2-27(25(31)32)15-29(16-27)24(30)21-12-7-13-23(21)28-26(33)34-14-22-19-10-5-3-8-17(19)18-9-4-6-11-20(18)22/h3-6,8-11,21-23H,2,7,12-16H2,1H3,(H,28,33)(H,31,32)/t21-,23+/m1/s1. The Morgan fingerprint density at radius 1 is 1.03 bits per heavy atom. The third-order valence-corrected chi connectivity index (χ3v) is 7.91. The van der Waals surface area contributed by atoms with Crippen molar-refractivity contribution in [1.29, 1.82) is 0 Å². The molecule has 34 heavy (non-hydrogen) atoms. The lowest BCUT2D eigenvalue weighted by Gasteiger charge is -2.48. The molecule has 2 N–H and O–H groups in total. The fraction of sp³-hybridized carbons (Fsp3) is 0.444. The Bertz CT molecular complexity index is 1080. The first-order chi connectivity index (χ1) is 16.4. The van der Waals surface area contributed by atoms with Crippen molar-refractivity contribution in [3.05, 3.63) is 59.7 Å². The molecule has 0 radical (unpaired) electrons. The van der Waals surface area contributed by atoms with Gasteiger partial charge < -0.3 is 20.1 Å². The number of amides is 2. The molecule has 7 heteroatoms. The Labute approximate surface area is 199 Å². The number of nitrogens with zero attached hydrogens (tertiary/aromatic N) is 1.